The molecular weight excluding hydrogens is 320 g/mol. The molecule has 134 valence electrons. The second-order valence-electron chi connectivity index (χ2n) is 6.04. The Bertz CT molecular complexity index is 670. The number of morpholine rings is 1. The SMILES string of the molecule is C[C@@H](Cn1cccn1)NC(=O)NCc1cccnc1N1CCOCC1. The summed E-state index contributed by atoms with van der Waals surface area (Å²) in [6, 6.07) is 5.52. The molecule has 2 aromatic heterocycles. The molecule has 3 heterocycles. The van der Waals surface area contributed by atoms with Gasteiger partial charge in [-0.1, -0.05) is 6.07 Å². The number of ether oxygens (including phenoxy) is 1. The molecule has 1 saturated heterocycles. The number of pyridine rings is 1. The van der Waals surface area contributed by atoms with Crippen molar-refractivity contribution in [2.45, 2.75) is 26.1 Å². The van der Waals surface area contributed by atoms with Crippen LogP contribution < -0.4 is 15.5 Å². The van der Waals surface area contributed by atoms with Crippen molar-refractivity contribution in [2.24, 2.45) is 0 Å². The molecule has 25 heavy (non-hydrogen) atoms. The van der Waals surface area contributed by atoms with E-state index >= 15 is 0 Å². The van der Waals surface area contributed by atoms with Gasteiger partial charge < -0.3 is 20.3 Å². The van der Waals surface area contributed by atoms with Crippen molar-refractivity contribution in [1.82, 2.24) is 25.4 Å². The van der Waals surface area contributed by atoms with Crippen LogP contribution in [0.15, 0.2) is 36.8 Å². The zero-order valence-electron chi connectivity index (χ0n) is 14.4. The van der Waals surface area contributed by atoms with E-state index in [-0.39, 0.29) is 12.1 Å². The number of anilines is 1. The van der Waals surface area contributed by atoms with Crippen molar-refractivity contribution in [1.29, 1.82) is 0 Å². The molecule has 2 amide bonds. The summed E-state index contributed by atoms with van der Waals surface area (Å²) in [6.45, 7) is 6.05. The van der Waals surface area contributed by atoms with Gasteiger partial charge in [0, 0.05) is 49.8 Å². The lowest BCUT2D eigenvalue weighted by Crippen LogP contribution is -2.42. The summed E-state index contributed by atoms with van der Waals surface area (Å²) in [7, 11) is 0. The highest BCUT2D eigenvalue weighted by atomic mass is 16.5. The average Bonchev–Trinajstić information content (AvgIpc) is 3.14. The van der Waals surface area contributed by atoms with Crippen LogP contribution in [0, 0.1) is 0 Å². The Morgan fingerprint density at radius 3 is 2.92 bits per heavy atom. The second-order valence-corrected chi connectivity index (χ2v) is 6.04. The molecule has 0 bridgehead atoms. The smallest absolute Gasteiger partial charge is 0.315 e. The molecule has 2 aromatic rings. The van der Waals surface area contributed by atoms with Crippen LogP contribution in [-0.4, -0.2) is 53.1 Å². The first kappa shape index (κ1) is 17.2. The number of hydrogen-bond donors (Lipinski definition) is 2. The minimum Gasteiger partial charge on any atom is -0.378 e. The van der Waals surface area contributed by atoms with Crippen LogP contribution in [-0.2, 0) is 17.8 Å². The van der Waals surface area contributed by atoms with Crippen LogP contribution in [0.2, 0.25) is 0 Å². The topological polar surface area (TPSA) is 84.3 Å². The Labute approximate surface area is 147 Å². The first-order valence-electron chi connectivity index (χ1n) is 8.51. The highest BCUT2D eigenvalue weighted by molar-refractivity contribution is 5.74. The molecule has 8 nitrogen and oxygen atoms in total. The van der Waals surface area contributed by atoms with Gasteiger partial charge in [0.2, 0.25) is 0 Å². The fourth-order valence-corrected chi connectivity index (χ4v) is 2.81. The largest absolute Gasteiger partial charge is 0.378 e. The number of amides is 2. The lowest BCUT2D eigenvalue weighted by atomic mass is 10.2. The summed E-state index contributed by atoms with van der Waals surface area (Å²) in [5.41, 5.74) is 0.999. The van der Waals surface area contributed by atoms with Crippen molar-refractivity contribution >= 4 is 11.8 Å². The predicted molar refractivity (Wildman–Crippen MR) is 94.3 cm³/mol. The Morgan fingerprint density at radius 1 is 1.32 bits per heavy atom. The molecule has 0 aliphatic carbocycles. The van der Waals surface area contributed by atoms with Gasteiger partial charge in [0.1, 0.15) is 5.82 Å². The first-order valence-corrected chi connectivity index (χ1v) is 8.51. The summed E-state index contributed by atoms with van der Waals surface area (Å²) in [5.74, 6) is 0.913. The maximum Gasteiger partial charge on any atom is 0.315 e. The monoisotopic (exact) mass is 344 g/mol. The van der Waals surface area contributed by atoms with E-state index in [4.69, 9.17) is 4.74 Å². The van der Waals surface area contributed by atoms with Gasteiger partial charge in [0.05, 0.1) is 19.8 Å². The molecule has 1 fully saturated rings. The van der Waals surface area contributed by atoms with Crippen LogP contribution >= 0.6 is 0 Å². The molecule has 1 atom stereocenters. The summed E-state index contributed by atoms with van der Waals surface area (Å²) < 4.78 is 7.18. The van der Waals surface area contributed by atoms with Gasteiger partial charge >= 0.3 is 6.03 Å². The van der Waals surface area contributed by atoms with E-state index in [1.807, 2.05) is 31.3 Å². The van der Waals surface area contributed by atoms with Crippen LogP contribution in [0.4, 0.5) is 10.6 Å². The highest BCUT2D eigenvalue weighted by Crippen LogP contribution is 2.18. The molecule has 0 spiro atoms. The molecule has 0 saturated carbocycles. The number of hydrogen-bond acceptors (Lipinski definition) is 5. The van der Waals surface area contributed by atoms with Crippen molar-refractivity contribution in [3.8, 4) is 0 Å². The number of nitrogens with one attached hydrogen (secondary N) is 2. The van der Waals surface area contributed by atoms with E-state index in [0.717, 1.165) is 24.5 Å². The van der Waals surface area contributed by atoms with Crippen molar-refractivity contribution in [2.75, 3.05) is 31.2 Å². The van der Waals surface area contributed by atoms with E-state index in [9.17, 15) is 4.79 Å². The minimum absolute atomic E-state index is 0.0208. The Hall–Kier alpha value is -2.61. The summed E-state index contributed by atoms with van der Waals surface area (Å²) in [6.07, 6.45) is 5.38. The van der Waals surface area contributed by atoms with Crippen molar-refractivity contribution in [3.05, 3.63) is 42.4 Å². The highest BCUT2D eigenvalue weighted by Gasteiger charge is 2.16. The molecule has 0 unspecified atom stereocenters. The molecular formula is C17H24N6O2. The normalized spacial score (nSPS) is 15.6. The average molecular weight is 344 g/mol. The number of rotatable bonds is 6. The number of nitrogens with zero attached hydrogens (tertiary/aromatic N) is 4. The molecule has 1 aliphatic rings. The number of carbonyl (C=O) groups excluding carboxylic acids is 1. The molecule has 2 N–H and O–H groups in total. The maximum atomic E-state index is 12.1. The lowest BCUT2D eigenvalue weighted by Gasteiger charge is -2.29. The van der Waals surface area contributed by atoms with E-state index in [0.29, 0.717) is 26.3 Å². The molecule has 8 heteroatoms. The summed E-state index contributed by atoms with van der Waals surface area (Å²) >= 11 is 0. The first-order chi connectivity index (χ1) is 12.2. The third kappa shape index (κ3) is 4.93. The third-order valence-electron chi connectivity index (χ3n) is 4.02. The fourth-order valence-electron chi connectivity index (χ4n) is 2.81. The minimum atomic E-state index is -0.198. The zero-order chi connectivity index (χ0) is 17.5. The Kier molecular flexibility index (Phi) is 5.84. The molecule has 0 radical (unpaired) electrons. The van der Waals surface area contributed by atoms with Gasteiger partial charge in [-0.05, 0) is 19.1 Å². The standard InChI is InChI=1S/C17H24N6O2/c1-14(13-23-7-3-6-20-23)21-17(24)19-12-15-4-2-5-18-16(15)22-8-10-25-11-9-22/h2-7,14H,8-13H2,1H3,(H2,19,21,24)/t14-/m0/s1. The van der Waals surface area contributed by atoms with Gasteiger partial charge in [0.25, 0.3) is 0 Å². The van der Waals surface area contributed by atoms with Gasteiger partial charge in [-0.15, -0.1) is 0 Å². The number of carbonyl (C=O) groups is 1. The second kappa shape index (κ2) is 8.48. The zero-order valence-corrected chi connectivity index (χ0v) is 14.4. The quantitative estimate of drug-likeness (QED) is 0.817. The van der Waals surface area contributed by atoms with Crippen LogP contribution in [0.5, 0.6) is 0 Å². The third-order valence-corrected chi connectivity index (χ3v) is 4.02. The van der Waals surface area contributed by atoms with Crippen molar-refractivity contribution in [3.63, 3.8) is 0 Å². The van der Waals surface area contributed by atoms with Crippen LogP contribution in [0.25, 0.3) is 0 Å². The molecule has 1 aliphatic heterocycles. The fraction of sp³-hybridized carbons (Fsp3) is 0.471. The molecule has 0 aromatic carbocycles. The van der Waals surface area contributed by atoms with Crippen LogP contribution in [0.3, 0.4) is 0 Å². The number of aromatic nitrogens is 3. The van der Waals surface area contributed by atoms with E-state index in [2.05, 4.69) is 25.6 Å². The van der Waals surface area contributed by atoms with Gasteiger partial charge in [-0.2, -0.15) is 5.10 Å². The van der Waals surface area contributed by atoms with E-state index in [1.165, 1.54) is 0 Å². The summed E-state index contributed by atoms with van der Waals surface area (Å²) in [5, 5.41) is 9.98. The lowest BCUT2D eigenvalue weighted by molar-refractivity contribution is 0.122. The Morgan fingerprint density at radius 2 is 2.16 bits per heavy atom. The summed E-state index contributed by atoms with van der Waals surface area (Å²) in [4.78, 5) is 18.8. The van der Waals surface area contributed by atoms with Gasteiger partial charge in [0.15, 0.2) is 0 Å². The van der Waals surface area contributed by atoms with Crippen molar-refractivity contribution < 1.29 is 9.53 Å². The Balaban J connectivity index is 1.51. The maximum absolute atomic E-state index is 12.1. The van der Waals surface area contributed by atoms with Gasteiger partial charge in [-0.25, -0.2) is 9.78 Å². The predicted octanol–water partition coefficient (Wildman–Crippen LogP) is 1.00. The molecule has 3 rings (SSSR count). The van der Waals surface area contributed by atoms with E-state index < -0.39 is 0 Å². The van der Waals surface area contributed by atoms with Crippen LogP contribution in [0.1, 0.15) is 12.5 Å². The number of urea groups is 1. The van der Waals surface area contributed by atoms with Gasteiger partial charge in [-0.3, -0.25) is 4.68 Å². The van der Waals surface area contributed by atoms with E-state index in [1.54, 1.807) is 17.1 Å².